The molecule has 0 fully saturated rings. The lowest BCUT2D eigenvalue weighted by Crippen LogP contribution is -2.13. The van der Waals surface area contributed by atoms with E-state index in [9.17, 15) is 8.78 Å². The molecule has 0 spiro atoms. The molecular formula is C13H12F2N2O. The standard InChI is InChI=1S/C13H12F2N2O/c1-18-12-4-9(6-17-7-12)13(16)8-2-10(14)5-11(15)3-8/h2-7,13H,16H2,1H3. The van der Waals surface area contributed by atoms with Crippen molar-refractivity contribution in [2.75, 3.05) is 7.11 Å². The van der Waals surface area contributed by atoms with Gasteiger partial charge in [0.1, 0.15) is 17.4 Å². The number of halogens is 2. The zero-order chi connectivity index (χ0) is 13.1. The third kappa shape index (κ3) is 2.62. The van der Waals surface area contributed by atoms with E-state index in [2.05, 4.69) is 4.98 Å². The maximum Gasteiger partial charge on any atom is 0.137 e. The molecule has 18 heavy (non-hydrogen) atoms. The first-order valence-electron chi connectivity index (χ1n) is 5.30. The van der Waals surface area contributed by atoms with Crippen molar-refractivity contribution in [1.29, 1.82) is 0 Å². The van der Waals surface area contributed by atoms with Gasteiger partial charge in [-0.1, -0.05) is 0 Å². The Bertz CT molecular complexity index is 540. The molecule has 0 bridgehead atoms. The molecule has 1 heterocycles. The van der Waals surface area contributed by atoms with E-state index in [1.807, 2.05) is 0 Å². The zero-order valence-corrected chi connectivity index (χ0v) is 9.73. The van der Waals surface area contributed by atoms with E-state index in [0.717, 1.165) is 6.07 Å². The van der Waals surface area contributed by atoms with Crippen molar-refractivity contribution in [1.82, 2.24) is 4.98 Å². The fraction of sp³-hybridized carbons (Fsp3) is 0.154. The number of hydrogen-bond donors (Lipinski definition) is 1. The second kappa shape index (κ2) is 5.10. The lowest BCUT2D eigenvalue weighted by molar-refractivity contribution is 0.412. The van der Waals surface area contributed by atoms with Gasteiger partial charge in [0.05, 0.1) is 19.3 Å². The molecule has 0 aliphatic heterocycles. The average Bonchev–Trinajstić information content (AvgIpc) is 2.37. The molecule has 1 aromatic heterocycles. The SMILES string of the molecule is COc1cncc(C(N)c2cc(F)cc(F)c2)c1. The first-order chi connectivity index (χ1) is 8.60. The molecule has 2 N–H and O–H groups in total. The molecule has 1 atom stereocenters. The van der Waals surface area contributed by atoms with E-state index in [1.165, 1.54) is 31.6 Å². The number of nitrogens with zero attached hydrogens (tertiary/aromatic N) is 1. The van der Waals surface area contributed by atoms with Crippen LogP contribution in [-0.2, 0) is 0 Å². The van der Waals surface area contributed by atoms with E-state index in [4.69, 9.17) is 10.5 Å². The molecule has 0 saturated heterocycles. The minimum Gasteiger partial charge on any atom is -0.495 e. The molecule has 94 valence electrons. The minimum atomic E-state index is -0.656. The second-order valence-electron chi connectivity index (χ2n) is 3.84. The van der Waals surface area contributed by atoms with Crippen molar-refractivity contribution in [2.45, 2.75) is 6.04 Å². The van der Waals surface area contributed by atoms with Crippen LogP contribution >= 0.6 is 0 Å². The number of ether oxygens (including phenoxy) is 1. The highest BCUT2D eigenvalue weighted by Crippen LogP contribution is 2.23. The second-order valence-corrected chi connectivity index (χ2v) is 3.84. The molecule has 5 heteroatoms. The fourth-order valence-corrected chi connectivity index (χ4v) is 1.66. The van der Waals surface area contributed by atoms with Crippen molar-refractivity contribution in [3.8, 4) is 5.75 Å². The van der Waals surface area contributed by atoms with Crippen LogP contribution in [0.1, 0.15) is 17.2 Å². The van der Waals surface area contributed by atoms with E-state index >= 15 is 0 Å². The van der Waals surface area contributed by atoms with E-state index in [-0.39, 0.29) is 0 Å². The van der Waals surface area contributed by atoms with Gasteiger partial charge in [0, 0.05) is 12.3 Å². The first kappa shape index (κ1) is 12.4. The lowest BCUT2D eigenvalue weighted by Gasteiger charge is -2.13. The topological polar surface area (TPSA) is 48.1 Å². The minimum absolute atomic E-state index is 0.350. The number of nitrogens with two attached hydrogens (primary N) is 1. The molecule has 3 nitrogen and oxygen atoms in total. The zero-order valence-electron chi connectivity index (χ0n) is 9.73. The Labute approximate surface area is 103 Å². The molecule has 2 rings (SSSR count). The van der Waals surface area contributed by atoms with Gasteiger partial charge in [-0.2, -0.15) is 0 Å². The molecule has 1 unspecified atom stereocenters. The molecule has 0 saturated carbocycles. The van der Waals surface area contributed by atoms with Gasteiger partial charge < -0.3 is 10.5 Å². The lowest BCUT2D eigenvalue weighted by atomic mass is 10.0. The van der Waals surface area contributed by atoms with Crippen molar-refractivity contribution < 1.29 is 13.5 Å². The number of rotatable bonds is 3. The monoisotopic (exact) mass is 250 g/mol. The molecule has 0 radical (unpaired) electrons. The summed E-state index contributed by atoms with van der Waals surface area (Å²) in [5, 5.41) is 0. The molecule has 1 aromatic carbocycles. The molecule has 0 amide bonds. The summed E-state index contributed by atoms with van der Waals surface area (Å²) >= 11 is 0. The van der Waals surface area contributed by atoms with Gasteiger partial charge in [0.2, 0.25) is 0 Å². The van der Waals surface area contributed by atoms with Crippen LogP contribution in [0.2, 0.25) is 0 Å². The highest BCUT2D eigenvalue weighted by atomic mass is 19.1. The van der Waals surface area contributed by atoms with Crippen LogP contribution in [0.4, 0.5) is 8.78 Å². The number of methoxy groups -OCH3 is 1. The van der Waals surface area contributed by atoms with Crippen LogP contribution in [0.15, 0.2) is 36.7 Å². The maximum absolute atomic E-state index is 13.1. The predicted octanol–water partition coefficient (Wildman–Crippen LogP) is 2.42. The summed E-state index contributed by atoms with van der Waals surface area (Å²) in [6, 6.07) is 4.24. The van der Waals surface area contributed by atoms with Crippen LogP contribution in [0.3, 0.4) is 0 Å². The third-order valence-electron chi connectivity index (χ3n) is 2.57. The Balaban J connectivity index is 2.37. The van der Waals surface area contributed by atoms with Crippen LogP contribution in [-0.4, -0.2) is 12.1 Å². The summed E-state index contributed by atoms with van der Waals surface area (Å²) < 4.78 is 31.2. The van der Waals surface area contributed by atoms with Crippen LogP contribution in [0, 0.1) is 11.6 Å². The van der Waals surface area contributed by atoms with Crippen LogP contribution in [0.25, 0.3) is 0 Å². The molecule has 0 aliphatic carbocycles. The number of hydrogen-bond acceptors (Lipinski definition) is 3. The smallest absolute Gasteiger partial charge is 0.137 e. The summed E-state index contributed by atoms with van der Waals surface area (Å²) in [5.41, 5.74) is 6.92. The highest BCUT2D eigenvalue weighted by Gasteiger charge is 2.12. The quantitative estimate of drug-likeness (QED) is 0.910. The van der Waals surface area contributed by atoms with E-state index in [0.29, 0.717) is 16.9 Å². The Morgan fingerprint density at radius 3 is 2.33 bits per heavy atom. The highest BCUT2D eigenvalue weighted by molar-refractivity contribution is 5.34. The van der Waals surface area contributed by atoms with Gasteiger partial charge in [-0.3, -0.25) is 4.98 Å². The average molecular weight is 250 g/mol. The summed E-state index contributed by atoms with van der Waals surface area (Å²) in [4.78, 5) is 3.95. The summed E-state index contributed by atoms with van der Waals surface area (Å²) in [6.45, 7) is 0. The maximum atomic E-state index is 13.1. The number of benzene rings is 1. The Morgan fingerprint density at radius 2 is 1.72 bits per heavy atom. The molecular weight excluding hydrogens is 238 g/mol. The van der Waals surface area contributed by atoms with Gasteiger partial charge in [0.15, 0.2) is 0 Å². The van der Waals surface area contributed by atoms with Crippen LogP contribution in [0.5, 0.6) is 5.75 Å². The predicted molar refractivity (Wildman–Crippen MR) is 63.2 cm³/mol. The van der Waals surface area contributed by atoms with Crippen molar-refractivity contribution in [3.63, 3.8) is 0 Å². The fourth-order valence-electron chi connectivity index (χ4n) is 1.66. The summed E-state index contributed by atoms with van der Waals surface area (Å²) in [6.07, 6.45) is 3.07. The van der Waals surface area contributed by atoms with E-state index in [1.54, 1.807) is 6.07 Å². The molecule has 2 aromatic rings. The van der Waals surface area contributed by atoms with Crippen molar-refractivity contribution >= 4 is 0 Å². The number of aromatic nitrogens is 1. The first-order valence-corrected chi connectivity index (χ1v) is 5.30. The van der Waals surface area contributed by atoms with Crippen molar-refractivity contribution in [2.24, 2.45) is 5.73 Å². The van der Waals surface area contributed by atoms with E-state index < -0.39 is 17.7 Å². The Morgan fingerprint density at radius 1 is 1.06 bits per heavy atom. The Kier molecular flexibility index (Phi) is 3.53. The molecule has 0 aliphatic rings. The third-order valence-corrected chi connectivity index (χ3v) is 2.57. The summed E-state index contributed by atoms with van der Waals surface area (Å²) in [7, 11) is 1.51. The largest absolute Gasteiger partial charge is 0.495 e. The van der Waals surface area contributed by atoms with Gasteiger partial charge in [-0.05, 0) is 29.3 Å². The summed E-state index contributed by atoms with van der Waals surface area (Å²) in [5.74, 6) is -0.771. The van der Waals surface area contributed by atoms with Gasteiger partial charge in [-0.15, -0.1) is 0 Å². The van der Waals surface area contributed by atoms with Gasteiger partial charge in [0.25, 0.3) is 0 Å². The van der Waals surface area contributed by atoms with Crippen LogP contribution < -0.4 is 10.5 Å². The normalized spacial score (nSPS) is 12.2. The van der Waals surface area contributed by atoms with Gasteiger partial charge >= 0.3 is 0 Å². The Hall–Kier alpha value is -2.01. The number of pyridine rings is 1. The van der Waals surface area contributed by atoms with Gasteiger partial charge in [-0.25, -0.2) is 8.78 Å². The van der Waals surface area contributed by atoms with Crippen molar-refractivity contribution in [3.05, 3.63) is 59.4 Å².